The van der Waals surface area contributed by atoms with Crippen LogP contribution in [0.15, 0.2) is 18.2 Å². The zero-order valence-electron chi connectivity index (χ0n) is 11.6. The van der Waals surface area contributed by atoms with Crippen molar-refractivity contribution in [3.63, 3.8) is 0 Å². The summed E-state index contributed by atoms with van der Waals surface area (Å²) in [5, 5.41) is 1.39. The summed E-state index contributed by atoms with van der Waals surface area (Å²) in [5.41, 5.74) is 0. The van der Waals surface area contributed by atoms with E-state index >= 15 is 0 Å². The molecule has 3 heteroatoms. The second-order valence-corrected chi connectivity index (χ2v) is 11.6. The van der Waals surface area contributed by atoms with Crippen molar-refractivity contribution in [2.45, 2.75) is 57.5 Å². The minimum absolute atomic E-state index is 0.337. The van der Waals surface area contributed by atoms with E-state index in [0.717, 1.165) is 24.3 Å². The maximum atomic E-state index is 6.31. The van der Waals surface area contributed by atoms with Crippen molar-refractivity contribution < 1.29 is 9.47 Å². The van der Waals surface area contributed by atoms with E-state index < -0.39 is 8.07 Å². The highest BCUT2D eigenvalue weighted by Gasteiger charge is 2.44. The fourth-order valence-electron chi connectivity index (χ4n) is 2.99. The third kappa shape index (κ3) is 1.94. The Labute approximate surface area is 110 Å². The minimum atomic E-state index is -1.38. The third-order valence-electron chi connectivity index (χ3n) is 3.99. The SMILES string of the molecule is C[Si](C)(C)c1cccc2c1OC1(CCCCC1)O2. The summed E-state index contributed by atoms with van der Waals surface area (Å²) in [6.07, 6.45) is 5.82. The van der Waals surface area contributed by atoms with Gasteiger partial charge in [0.2, 0.25) is 0 Å². The smallest absolute Gasteiger partial charge is 0.251 e. The molecule has 0 atom stereocenters. The van der Waals surface area contributed by atoms with Crippen LogP contribution in [0, 0.1) is 0 Å². The first-order chi connectivity index (χ1) is 8.50. The van der Waals surface area contributed by atoms with E-state index in [1.807, 2.05) is 0 Å². The van der Waals surface area contributed by atoms with E-state index in [1.165, 1.54) is 24.4 Å². The van der Waals surface area contributed by atoms with Gasteiger partial charge in [0.25, 0.3) is 5.79 Å². The van der Waals surface area contributed by atoms with Gasteiger partial charge in [-0.15, -0.1) is 0 Å². The van der Waals surface area contributed by atoms with Crippen molar-refractivity contribution in [1.82, 2.24) is 0 Å². The third-order valence-corrected chi connectivity index (χ3v) is 6.00. The van der Waals surface area contributed by atoms with Crippen molar-refractivity contribution >= 4 is 13.3 Å². The lowest BCUT2D eigenvalue weighted by molar-refractivity contribution is -0.105. The molecule has 0 aromatic heterocycles. The summed E-state index contributed by atoms with van der Waals surface area (Å²) in [6, 6.07) is 6.39. The van der Waals surface area contributed by atoms with Gasteiger partial charge in [-0.1, -0.05) is 38.2 Å². The Morgan fingerprint density at radius 1 is 1.00 bits per heavy atom. The molecule has 1 aromatic rings. The second kappa shape index (κ2) is 4.02. The van der Waals surface area contributed by atoms with Crippen molar-refractivity contribution in [1.29, 1.82) is 0 Å². The van der Waals surface area contributed by atoms with Crippen LogP contribution in [-0.2, 0) is 0 Å². The van der Waals surface area contributed by atoms with Crippen LogP contribution in [0.2, 0.25) is 19.6 Å². The van der Waals surface area contributed by atoms with Crippen LogP contribution in [0.3, 0.4) is 0 Å². The van der Waals surface area contributed by atoms with E-state index in [4.69, 9.17) is 9.47 Å². The molecule has 98 valence electrons. The van der Waals surface area contributed by atoms with Crippen molar-refractivity contribution in [2.75, 3.05) is 0 Å². The molecule has 0 saturated heterocycles. The largest absolute Gasteiger partial charge is 0.449 e. The molecule has 0 unspecified atom stereocenters. The molecule has 0 N–H and O–H groups in total. The summed E-state index contributed by atoms with van der Waals surface area (Å²) < 4.78 is 12.5. The molecule has 1 saturated carbocycles. The first kappa shape index (κ1) is 12.1. The number of hydrogen-bond donors (Lipinski definition) is 0. The maximum Gasteiger partial charge on any atom is 0.251 e. The molecule has 2 nitrogen and oxygen atoms in total. The maximum absolute atomic E-state index is 6.31. The van der Waals surface area contributed by atoms with Gasteiger partial charge in [0, 0.05) is 12.8 Å². The molecule has 0 bridgehead atoms. The predicted molar refractivity (Wildman–Crippen MR) is 76.5 cm³/mol. The first-order valence-electron chi connectivity index (χ1n) is 7.02. The molecule has 2 aliphatic rings. The lowest BCUT2D eigenvalue weighted by Crippen LogP contribution is -2.42. The van der Waals surface area contributed by atoms with Crippen LogP contribution in [0.4, 0.5) is 0 Å². The second-order valence-electron chi connectivity index (χ2n) is 6.56. The Hall–Kier alpha value is -0.963. The summed E-state index contributed by atoms with van der Waals surface area (Å²) in [7, 11) is -1.38. The molecule has 1 fully saturated rings. The van der Waals surface area contributed by atoms with Gasteiger partial charge in [0.15, 0.2) is 11.5 Å². The van der Waals surface area contributed by atoms with Crippen LogP contribution in [-0.4, -0.2) is 13.9 Å². The lowest BCUT2D eigenvalue weighted by Gasteiger charge is -2.31. The summed E-state index contributed by atoms with van der Waals surface area (Å²) in [4.78, 5) is 0. The van der Waals surface area contributed by atoms with Crippen LogP contribution < -0.4 is 14.7 Å². The van der Waals surface area contributed by atoms with E-state index in [0.29, 0.717) is 0 Å². The molecule has 3 rings (SSSR count). The van der Waals surface area contributed by atoms with Crippen LogP contribution in [0.1, 0.15) is 32.1 Å². The van der Waals surface area contributed by atoms with Crippen LogP contribution in [0.5, 0.6) is 11.5 Å². The normalized spacial score (nSPS) is 21.3. The number of para-hydroxylation sites is 1. The van der Waals surface area contributed by atoms with Gasteiger partial charge in [0.05, 0.1) is 8.07 Å². The Balaban J connectivity index is 1.97. The van der Waals surface area contributed by atoms with Gasteiger partial charge in [-0.05, 0) is 24.1 Å². The molecular formula is C15H22O2Si. The fourth-order valence-corrected chi connectivity index (χ4v) is 4.45. The quantitative estimate of drug-likeness (QED) is 0.719. The van der Waals surface area contributed by atoms with Gasteiger partial charge >= 0.3 is 0 Å². The molecule has 1 heterocycles. The highest BCUT2D eigenvalue weighted by molar-refractivity contribution is 6.89. The van der Waals surface area contributed by atoms with Crippen molar-refractivity contribution in [3.8, 4) is 11.5 Å². The first-order valence-corrected chi connectivity index (χ1v) is 10.5. The van der Waals surface area contributed by atoms with Crippen LogP contribution in [0.25, 0.3) is 0 Å². The molecule has 1 aliphatic carbocycles. The molecule has 1 aliphatic heterocycles. The van der Waals surface area contributed by atoms with Crippen molar-refractivity contribution in [3.05, 3.63) is 18.2 Å². The van der Waals surface area contributed by atoms with Gasteiger partial charge in [-0.2, -0.15) is 0 Å². The Morgan fingerprint density at radius 3 is 2.39 bits per heavy atom. The van der Waals surface area contributed by atoms with E-state index in [1.54, 1.807) is 0 Å². The number of benzene rings is 1. The molecule has 1 aromatic carbocycles. The van der Waals surface area contributed by atoms with Gasteiger partial charge < -0.3 is 9.47 Å². The number of hydrogen-bond acceptors (Lipinski definition) is 2. The summed E-state index contributed by atoms with van der Waals surface area (Å²) in [6.45, 7) is 7.08. The standard InChI is InChI=1S/C15H22O2Si/c1-18(2,3)13-9-7-8-12-14(13)17-15(16-12)10-5-4-6-11-15/h7-9H,4-6,10-11H2,1-3H3. The zero-order chi connectivity index (χ0) is 12.8. The fraction of sp³-hybridized carbons (Fsp3) is 0.600. The highest BCUT2D eigenvalue weighted by atomic mass is 28.3. The monoisotopic (exact) mass is 262 g/mol. The van der Waals surface area contributed by atoms with Gasteiger partial charge in [0.1, 0.15) is 0 Å². The van der Waals surface area contributed by atoms with E-state index in [9.17, 15) is 0 Å². The van der Waals surface area contributed by atoms with Gasteiger partial charge in [-0.3, -0.25) is 0 Å². The average Bonchev–Trinajstić information content (AvgIpc) is 2.65. The molecular weight excluding hydrogens is 240 g/mol. The predicted octanol–water partition coefficient (Wildman–Crippen LogP) is 3.66. The number of fused-ring (bicyclic) bond motifs is 1. The molecule has 0 radical (unpaired) electrons. The Bertz CT molecular complexity index is 456. The average molecular weight is 262 g/mol. The van der Waals surface area contributed by atoms with Gasteiger partial charge in [-0.25, -0.2) is 0 Å². The lowest BCUT2D eigenvalue weighted by atomic mass is 9.94. The Morgan fingerprint density at radius 2 is 1.72 bits per heavy atom. The molecule has 18 heavy (non-hydrogen) atoms. The Kier molecular flexibility index (Phi) is 2.70. The minimum Gasteiger partial charge on any atom is -0.449 e. The highest BCUT2D eigenvalue weighted by Crippen LogP contribution is 2.45. The van der Waals surface area contributed by atoms with E-state index in [-0.39, 0.29) is 5.79 Å². The molecule has 1 spiro atoms. The number of ether oxygens (including phenoxy) is 2. The summed E-state index contributed by atoms with van der Waals surface area (Å²) >= 11 is 0. The molecule has 0 amide bonds. The van der Waals surface area contributed by atoms with E-state index in [2.05, 4.69) is 37.8 Å². The summed E-state index contributed by atoms with van der Waals surface area (Å²) in [5.74, 6) is 1.67. The zero-order valence-corrected chi connectivity index (χ0v) is 12.6. The number of rotatable bonds is 1. The van der Waals surface area contributed by atoms with Crippen molar-refractivity contribution in [2.24, 2.45) is 0 Å². The van der Waals surface area contributed by atoms with Crippen LogP contribution >= 0.6 is 0 Å². The topological polar surface area (TPSA) is 18.5 Å².